The molecule has 7 heteroatoms. The number of amides is 1. The van der Waals surface area contributed by atoms with E-state index in [2.05, 4.69) is 86.0 Å². The molecule has 7 nitrogen and oxygen atoms in total. The Morgan fingerprint density at radius 1 is 0.620 bits per heavy atom. The molecule has 0 aliphatic heterocycles. The number of ether oxygens (including phenoxy) is 1. The summed E-state index contributed by atoms with van der Waals surface area (Å²) < 4.78 is 5.90. The van der Waals surface area contributed by atoms with Gasteiger partial charge in [0.2, 0.25) is 5.91 Å². The Balaban J connectivity index is 4.53. The Morgan fingerprint density at radius 3 is 1.78 bits per heavy atom. The standard InChI is InChI=1S/C43H72N2O5/c1-3-5-7-9-11-13-15-16-18-20-22-27-31-37-42(47)50-39(33-28-24-21-19-17-14-12-10-8-6-4-2)34-29-25-23-26-30-36-41(46)45-40(43(48)49)35-32-38-44/h5,7,11-14,16,18-19,21,28,33,39-40H,3-4,6,8-10,15,17,20,22-27,29-32,34-38,44H2,1-2H3,(H,45,46)(H,48,49)/b7-5-,13-11-,14-12-,18-16-,21-19-,33-28-. The minimum Gasteiger partial charge on any atom is -0.480 e. The maximum Gasteiger partial charge on any atom is 0.326 e. The molecule has 4 N–H and O–H groups in total. The van der Waals surface area contributed by atoms with Crippen molar-refractivity contribution in [3.63, 3.8) is 0 Å². The molecule has 0 bridgehead atoms. The minimum absolute atomic E-state index is 0.127. The van der Waals surface area contributed by atoms with E-state index in [9.17, 15) is 19.5 Å². The number of hydrogen-bond acceptors (Lipinski definition) is 5. The molecule has 0 radical (unpaired) electrons. The van der Waals surface area contributed by atoms with E-state index in [0.29, 0.717) is 32.2 Å². The summed E-state index contributed by atoms with van der Waals surface area (Å²) in [6.07, 6.45) is 46.7. The average molecular weight is 697 g/mol. The minimum atomic E-state index is -1.02. The molecule has 1 amide bonds. The van der Waals surface area contributed by atoms with Crippen molar-refractivity contribution in [1.29, 1.82) is 0 Å². The molecule has 284 valence electrons. The number of hydrogen-bond donors (Lipinski definition) is 3. The monoisotopic (exact) mass is 697 g/mol. The Labute approximate surface area is 305 Å². The van der Waals surface area contributed by atoms with Crippen LogP contribution in [0.1, 0.15) is 162 Å². The number of nitrogens with one attached hydrogen (secondary N) is 1. The molecule has 0 spiro atoms. The molecule has 0 aromatic heterocycles. The second kappa shape index (κ2) is 37.1. The third kappa shape index (κ3) is 33.3. The van der Waals surface area contributed by atoms with Gasteiger partial charge >= 0.3 is 11.9 Å². The number of nitrogens with two attached hydrogens (primary N) is 1. The van der Waals surface area contributed by atoms with Gasteiger partial charge < -0.3 is 20.9 Å². The first-order valence-electron chi connectivity index (χ1n) is 19.8. The van der Waals surface area contributed by atoms with Crippen molar-refractivity contribution in [3.8, 4) is 0 Å². The third-order valence-corrected chi connectivity index (χ3v) is 8.24. The summed E-state index contributed by atoms with van der Waals surface area (Å²) in [5, 5.41) is 11.9. The van der Waals surface area contributed by atoms with Gasteiger partial charge in [0.1, 0.15) is 12.1 Å². The van der Waals surface area contributed by atoms with Crippen molar-refractivity contribution in [1.82, 2.24) is 5.32 Å². The van der Waals surface area contributed by atoms with Crippen LogP contribution in [0.2, 0.25) is 0 Å². The van der Waals surface area contributed by atoms with Gasteiger partial charge in [-0.2, -0.15) is 0 Å². The normalized spacial score (nSPS) is 13.5. The van der Waals surface area contributed by atoms with Crippen molar-refractivity contribution in [2.24, 2.45) is 5.73 Å². The first-order chi connectivity index (χ1) is 24.4. The number of aliphatic carboxylic acids is 1. The number of carboxylic acids is 1. The summed E-state index contributed by atoms with van der Waals surface area (Å²) in [7, 11) is 0. The lowest BCUT2D eigenvalue weighted by molar-refractivity contribution is -0.147. The maximum atomic E-state index is 12.7. The Hall–Kier alpha value is -3.19. The second-order valence-corrected chi connectivity index (χ2v) is 13.0. The van der Waals surface area contributed by atoms with Crippen molar-refractivity contribution >= 4 is 17.8 Å². The van der Waals surface area contributed by atoms with E-state index in [1.807, 2.05) is 6.08 Å². The van der Waals surface area contributed by atoms with Crippen LogP contribution >= 0.6 is 0 Å². The van der Waals surface area contributed by atoms with Crippen LogP contribution in [0.4, 0.5) is 0 Å². The molecule has 0 saturated carbocycles. The van der Waals surface area contributed by atoms with Crippen LogP contribution in [0, 0.1) is 0 Å². The van der Waals surface area contributed by atoms with Crippen LogP contribution in [0.15, 0.2) is 72.9 Å². The Morgan fingerprint density at radius 2 is 1.16 bits per heavy atom. The smallest absolute Gasteiger partial charge is 0.326 e. The summed E-state index contributed by atoms with van der Waals surface area (Å²) in [4.78, 5) is 36.2. The zero-order chi connectivity index (χ0) is 36.8. The average Bonchev–Trinajstić information content (AvgIpc) is 3.10. The molecule has 0 aromatic rings. The number of unbranched alkanes of at least 4 members (excludes halogenated alkanes) is 10. The highest BCUT2D eigenvalue weighted by Crippen LogP contribution is 2.14. The molecular weight excluding hydrogens is 624 g/mol. The molecule has 50 heavy (non-hydrogen) atoms. The molecule has 0 fully saturated rings. The van der Waals surface area contributed by atoms with Gasteiger partial charge in [0.05, 0.1) is 0 Å². The molecule has 0 aliphatic rings. The van der Waals surface area contributed by atoms with Crippen LogP contribution in [0.3, 0.4) is 0 Å². The fourth-order valence-electron chi connectivity index (χ4n) is 5.27. The molecule has 2 atom stereocenters. The fraction of sp³-hybridized carbons (Fsp3) is 0.651. The van der Waals surface area contributed by atoms with Gasteiger partial charge in [0.25, 0.3) is 0 Å². The van der Waals surface area contributed by atoms with Gasteiger partial charge in [-0.05, 0) is 109 Å². The lowest BCUT2D eigenvalue weighted by Crippen LogP contribution is -2.40. The molecular formula is C43H72N2O5. The Bertz CT molecular complexity index is 1010. The highest BCUT2D eigenvalue weighted by Gasteiger charge is 2.18. The highest BCUT2D eigenvalue weighted by molar-refractivity contribution is 5.83. The van der Waals surface area contributed by atoms with Crippen LogP contribution in [0.5, 0.6) is 0 Å². The van der Waals surface area contributed by atoms with Crippen molar-refractivity contribution in [3.05, 3.63) is 72.9 Å². The van der Waals surface area contributed by atoms with Gasteiger partial charge in [0.15, 0.2) is 0 Å². The quantitative estimate of drug-likeness (QED) is 0.0350. The summed E-state index contributed by atoms with van der Waals surface area (Å²) >= 11 is 0. The van der Waals surface area contributed by atoms with Crippen LogP contribution in [0.25, 0.3) is 0 Å². The Kier molecular flexibility index (Phi) is 34.7. The zero-order valence-electron chi connectivity index (χ0n) is 31.7. The van der Waals surface area contributed by atoms with Crippen molar-refractivity contribution in [2.45, 2.75) is 174 Å². The van der Waals surface area contributed by atoms with Crippen molar-refractivity contribution < 1.29 is 24.2 Å². The second-order valence-electron chi connectivity index (χ2n) is 13.0. The molecule has 0 aliphatic carbocycles. The van der Waals surface area contributed by atoms with E-state index < -0.39 is 12.0 Å². The number of carboxylic acid groups (broad SMARTS) is 1. The molecule has 0 aromatic carbocycles. The summed E-state index contributed by atoms with van der Waals surface area (Å²) in [5.74, 6) is -1.37. The SMILES string of the molecule is CC/C=C\C/C=C\C/C=C\CCCCCC(=O)OC(/C=C\C/C=C\C/C=C\CCCCC)CCCCCCCC(=O)NC(CCCN)C(=O)O. The van der Waals surface area contributed by atoms with Gasteiger partial charge in [0, 0.05) is 12.8 Å². The largest absolute Gasteiger partial charge is 0.480 e. The van der Waals surface area contributed by atoms with Crippen LogP contribution < -0.4 is 11.1 Å². The third-order valence-electron chi connectivity index (χ3n) is 8.24. The van der Waals surface area contributed by atoms with E-state index in [1.54, 1.807) is 0 Å². The molecule has 0 saturated heterocycles. The lowest BCUT2D eigenvalue weighted by atomic mass is 10.1. The van der Waals surface area contributed by atoms with E-state index in [1.165, 1.54) is 19.3 Å². The molecule has 2 unspecified atom stereocenters. The molecule has 0 rings (SSSR count). The first kappa shape index (κ1) is 46.8. The predicted octanol–water partition coefficient (Wildman–Crippen LogP) is 10.8. The molecule has 0 heterocycles. The number of carbonyl (C=O) groups excluding carboxylic acids is 2. The lowest BCUT2D eigenvalue weighted by Gasteiger charge is -2.15. The van der Waals surface area contributed by atoms with Crippen LogP contribution in [-0.2, 0) is 19.1 Å². The van der Waals surface area contributed by atoms with Gasteiger partial charge in [-0.25, -0.2) is 4.79 Å². The maximum absolute atomic E-state index is 12.7. The summed E-state index contributed by atoms with van der Waals surface area (Å²) in [6, 6.07) is -0.871. The summed E-state index contributed by atoms with van der Waals surface area (Å²) in [5.41, 5.74) is 5.47. The van der Waals surface area contributed by atoms with Gasteiger partial charge in [-0.3, -0.25) is 9.59 Å². The van der Waals surface area contributed by atoms with E-state index in [-0.39, 0.29) is 18.0 Å². The number of rotatable bonds is 34. The van der Waals surface area contributed by atoms with Gasteiger partial charge in [-0.15, -0.1) is 0 Å². The van der Waals surface area contributed by atoms with Crippen molar-refractivity contribution in [2.75, 3.05) is 6.54 Å². The first-order valence-corrected chi connectivity index (χ1v) is 19.8. The number of allylic oxidation sites excluding steroid dienone is 11. The van der Waals surface area contributed by atoms with Crippen LogP contribution in [-0.4, -0.2) is 41.6 Å². The zero-order valence-corrected chi connectivity index (χ0v) is 31.7. The topological polar surface area (TPSA) is 119 Å². The van der Waals surface area contributed by atoms with E-state index in [0.717, 1.165) is 103 Å². The van der Waals surface area contributed by atoms with E-state index >= 15 is 0 Å². The summed E-state index contributed by atoms with van der Waals surface area (Å²) in [6.45, 7) is 4.77. The predicted molar refractivity (Wildman–Crippen MR) is 211 cm³/mol. The fourth-order valence-corrected chi connectivity index (χ4v) is 5.27. The highest BCUT2D eigenvalue weighted by atomic mass is 16.5. The number of esters is 1. The van der Waals surface area contributed by atoms with Gasteiger partial charge in [-0.1, -0.05) is 119 Å². The van der Waals surface area contributed by atoms with E-state index in [4.69, 9.17) is 10.5 Å². The number of carbonyl (C=O) groups is 3.